The normalized spacial score (nSPS) is 8.57. The maximum absolute atomic E-state index is 8.12. The summed E-state index contributed by atoms with van der Waals surface area (Å²) in [4.78, 5) is 16.2. The van der Waals surface area contributed by atoms with Crippen LogP contribution in [0.4, 0.5) is 0 Å². The van der Waals surface area contributed by atoms with Crippen molar-refractivity contribution >= 4 is 6.15 Å². The first-order chi connectivity index (χ1) is 6.60. The third-order valence-electron chi connectivity index (χ3n) is 1.39. The van der Waals surface area contributed by atoms with Crippen LogP contribution in [0.25, 0.3) is 0 Å². The van der Waals surface area contributed by atoms with Crippen molar-refractivity contribution in [3.8, 4) is 5.75 Å². The average molecular weight is 194 g/mol. The summed E-state index contributed by atoms with van der Waals surface area (Å²) in [6.07, 6.45) is 0.512. The Morgan fingerprint density at radius 3 is 1.93 bits per heavy atom. The molecule has 1 aromatic rings. The van der Waals surface area contributed by atoms with Crippen LogP contribution >= 0.6 is 0 Å². The maximum atomic E-state index is 8.12. The Hall–Kier alpha value is -1.60. The number of ether oxygens (including phenoxy) is 1. The third-order valence-corrected chi connectivity index (χ3v) is 1.39. The lowest BCUT2D eigenvalue weighted by atomic mass is 10.2. The Labute approximate surface area is 83.7 Å². The molecule has 0 N–H and O–H groups in total. The van der Waals surface area contributed by atoms with Crippen molar-refractivity contribution in [1.82, 2.24) is 0 Å². The van der Waals surface area contributed by atoms with E-state index >= 15 is 0 Å². The Morgan fingerprint density at radius 2 is 1.57 bits per heavy atom. The van der Waals surface area contributed by atoms with Crippen LogP contribution in [0.5, 0.6) is 5.75 Å². The summed E-state index contributed by atoms with van der Waals surface area (Å²) in [5.74, 6) is 0.950. The summed E-state index contributed by atoms with van der Waals surface area (Å²) in [5, 5.41) is 0. The molecule has 3 heteroatoms. The van der Waals surface area contributed by atoms with Crippen LogP contribution in [0.15, 0.2) is 24.3 Å². The van der Waals surface area contributed by atoms with E-state index in [1.807, 2.05) is 26.0 Å². The van der Waals surface area contributed by atoms with Crippen molar-refractivity contribution in [2.75, 3.05) is 0 Å². The van der Waals surface area contributed by atoms with Gasteiger partial charge in [-0.3, -0.25) is 0 Å². The Kier molecular flexibility index (Phi) is 6.08. The van der Waals surface area contributed by atoms with Gasteiger partial charge in [-0.2, -0.15) is 9.59 Å². The van der Waals surface area contributed by atoms with Gasteiger partial charge in [-0.05, 0) is 32.9 Å². The first-order valence-corrected chi connectivity index (χ1v) is 4.32. The molecule has 0 aliphatic rings. The Bertz CT molecular complexity index is 282. The van der Waals surface area contributed by atoms with E-state index in [2.05, 4.69) is 19.1 Å². The maximum Gasteiger partial charge on any atom is 0.373 e. The van der Waals surface area contributed by atoms with E-state index in [1.54, 1.807) is 0 Å². The first kappa shape index (κ1) is 12.4. The predicted molar refractivity (Wildman–Crippen MR) is 52.0 cm³/mol. The zero-order valence-corrected chi connectivity index (χ0v) is 8.61. The van der Waals surface area contributed by atoms with Crippen LogP contribution in [0.2, 0.25) is 0 Å². The van der Waals surface area contributed by atoms with Gasteiger partial charge in [0.2, 0.25) is 0 Å². The molecule has 0 saturated carbocycles. The van der Waals surface area contributed by atoms with Crippen LogP contribution in [0.3, 0.4) is 0 Å². The summed E-state index contributed by atoms with van der Waals surface area (Å²) in [6, 6.07) is 8.10. The van der Waals surface area contributed by atoms with E-state index < -0.39 is 0 Å². The molecular formula is C11H14O3. The highest BCUT2D eigenvalue weighted by molar-refractivity contribution is 5.26. The number of benzene rings is 1. The highest BCUT2D eigenvalue weighted by Crippen LogP contribution is 2.12. The number of carbonyl (C=O) groups excluding carboxylic acids is 2. The molecule has 76 valence electrons. The van der Waals surface area contributed by atoms with Gasteiger partial charge < -0.3 is 4.74 Å². The van der Waals surface area contributed by atoms with Crippen LogP contribution in [-0.2, 0) is 9.59 Å². The molecule has 1 rings (SSSR count). The van der Waals surface area contributed by atoms with Crippen LogP contribution < -0.4 is 4.74 Å². The van der Waals surface area contributed by atoms with Gasteiger partial charge in [0.25, 0.3) is 0 Å². The van der Waals surface area contributed by atoms with Gasteiger partial charge in [-0.25, -0.2) is 0 Å². The molecule has 3 nitrogen and oxygen atoms in total. The smallest absolute Gasteiger partial charge is 0.373 e. The standard InChI is InChI=1S/C10H14O.CO2/c1-8(2)11-10-6-4-9(3)5-7-10;2-1-3/h4-8H,1-3H3;. The van der Waals surface area contributed by atoms with Gasteiger partial charge in [0, 0.05) is 0 Å². The molecule has 0 heterocycles. The van der Waals surface area contributed by atoms with Crippen molar-refractivity contribution in [2.24, 2.45) is 0 Å². The van der Waals surface area contributed by atoms with E-state index in [-0.39, 0.29) is 12.3 Å². The number of rotatable bonds is 2. The van der Waals surface area contributed by atoms with Crippen molar-refractivity contribution in [2.45, 2.75) is 26.9 Å². The highest BCUT2D eigenvalue weighted by Gasteiger charge is 1.94. The van der Waals surface area contributed by atoms with Gasteiger partial charge in [0.1, 0.15) is 5.75 Å². The summed E-state index contributed by atoms with van der Waals surface area (Å²) in [5.41, 5.74) is 1.26. The molecule has 0 bridgehead atoms. The van der Waals surface area contributed by atoms with Crippen LogP contribution in [0.1, 0.15) is 19.4 Å². The average Bonchev–Trinajstić information content (AvgIpc) is 2.09. The summed E-state index contributed by atoms with van der Waals surface area (Å²) in [6.45, 7) is 6.12. The lowest BCUT2D eigenvalue weighted by Gasteiger charge is -2.08. The molecule has 0 atom stereocenters. The molecule has 0 aromatic heterocycles. The van der Waals surface area contributed by atoms with E-state index in [0.717, 1.165) is 5.75 Å². The SMILES string of the molecule is Cc1ccc(OC(C)C)cc1.O=C=O. The minimum atomic E-state index is 0.250. The van der Waals surface area contributed by atoms with E-state index in [0.29, 0.717) is 0 Å². The zero-order valence-electron chi connectivity index (χ0n) is 8.61. The van der Waals surface area contributed by atoms with Crippen molar-refractivity contribution in [3.05, 3.63) is 29.8 Å². The lowest BCUT2D eigenvalue weighted by molar-refractivity contribution is -0.191. The molecule has 0 unspecified atom stereocenters. The summed E-state index contributed by atoms with van der Waals surface area (Å²) >= 11 is 0. The largest absolute Gasteiger partial charge is 0.491 e. The minimum Gasteiger partial charge on any atom is -0.491 e. The van der Waals surface area contributed by atoms with Crippen LogP contribution in [0, 0.1) is 6.92 Å². The number of hydrogen-bond acceptors (Lipinski definition) is 3. The molecule has 0 fully saturated rings. The fourth-order valence-electron chi connectivity index (χ4n) is 0.889. The molecule has 14 heavy (non-hydrogen) atoms. The van der Waals surface area contributed by atoms with Gasteiger partial charge in [0.15, 0.2) is 0 Å². The van der Waals surface area contributed by atoms with Crippen molar-refractivity contribution in [3.63, 3.8) is 0 Å². The second kappa shape index (κ2) is 6.87. The fourth-order valence-corrected chi connectivity index (χ4v) is 0.889. The molecule has 0 amide bonds. The number of aryl methyl sites for hydroxylation is 1. The Morgan fingerprint density at radius 1 is 1.14 bits per heavy atom. The Balaban J connectivity index is 0.000000500. The molecule has 0 aliphatic heterocycles. The quantitative estimate of drug-likeness (QED) is 0.724. The monoisotopic (exact) mass is 194 g/mol. The number of hydrogen-bond donors (Lipinski definition) is 0. The van der Waals surface area contributed by atoms with E-state index in [9.17, 15) is 0 Å². The van der Waals surface area contributed by atoms with Gasteiger partial charge in [0.05, 0.1) is 6.10 Å². The molecule has 0 radical (unpaired) electrons. The summed E-state index contributed by atoms with van der Waals surface area (Å²) < 4.78 is 5.47. The topological polar surface area (TPSA) is 43.4 Å². The highest BCUT2D eigenvalue weighted by atomic mass is 16.5. The van der Waals surface area contributed by atoms with Gasteiger partial charge in [-0.15, -0.1) is 0 Å². The predicted octanol–water partition coefficient (Wildman–Crippen LogP) is 2.20. The molecule has 1 aromatic carbocycles. The molecule has 0 aliphatic carbocycles. The van der Waals surface area contributed by atoms with Crippen LogP contribution in [-0.4, -0.2) is 12.3 Å². The first-order valence-electron chi connectivity index (χ1n) is 4.32. The third kappa shape index (κ3) is 5.98. The van der Waals surface area contributed by atoms with E-state index in [4.69, 9.17) is 14.3 Å². The van der Waals surface area contributed by atoms with Gasteiger partial charge in [-0.1, -0.05) is 17.7 Å². The zero-order chi connectivity index (χ0) is 11.0. The van der Waals surface area contributed by atoms with Gasteiger partial charge >= 0.3 is 6.15 Å². The van der Waals surface area contributed by atoms with Crippen molar-refractivity contribution < 1.29 is 14.3 Å². The van der Waals surface area contributed by atoms with E-state index in [1.165, 1.54) is 5.56 Å². The van der Waals surface area contributed by atoms with Crippen molar-refractivity contribution in [1.29, 1.82) is 0 Å². The lowest BCUT2D eigenvalue weighted by Crippen LogP contribution is -2.05. The molecule has 0 saturated heterocycles. The second-order valence-corrected chi connectivity index (χ2v) is 3.06. The second-order valence-electron chi connectivity index (χ2n) is 3.06. The fraction of sp³-hybridized carbons (Fsp3) is 0.364. The molecule has 0 spiro atoms. The molecular weight excluding hydrogens is 180 g/mol. The minimum absolute atomic E-state index is 0.250. The summed E-state index contributed by atoms with van der Waals surface area (Å²) in [7, 11) is 0.